The molecule has 0 N–H and O–H groups in total. The predicted octanol–water partition coefficient (Wildman–Crippen LogP) is 7.50. The lowest BCUT2D eigenvalue weighted by atomic mass is 9.88. The SMILES string of the molecule is CCCCCCCCC(CCC)C(C)(OCCCC)OCCCC. The van der Waals surface area contributed by atoms with E-state index in [1.807, 2.05) is 0 Å². The molecule has 1 unspecified atom stereocenters. The molecule has 1 atom stereocenters. The molecule has 0 fully saturated rings. The second-order valence-corrected chi connectivity index (χ2v) is 7.46. The summed E-state index contributed by atoms with van der Waals surface area (Å²) >= 11 is 0. The van der Waals surface area contributed by atoms with Crippen LogP contribution >= 0.6 is 0 Å². The molecule has 0 saturated carbocycles. The Kier molecular flexibility index (Phi) is 16.3. The zero-order valence-electron chi connectivity index (χ0n) is 17.5. The monoisotopic (exact) mass is 342 g/mol. The average Bonchev–Trinajstić information content (AvgIpc) is 2.57. The zero-order chi connectivity index (χ0) is 18.1. The molecule has 0 spiro atoms. The molecule has 0 aromatic heterocycles. The molecule has 0 amide bonds. The van der Waals surface area contributed by atoms with Crippen molar-refractivity contribution in [3.05, 3.63) is 0 Å². The lowest BCUT2D eigenvalue weighted by Crippen LogP contribution is -2.41. The van der Waals surface area contributed by atoms with Gasteiger partial charge in [0.1, 0.15) is 0 Å². The van der Waals surface area contributed by atoms with Crippen LogP contribution in [-0.4, -0.2) is 19.0 Å². The fourth-order valence-electron chi connectivity index (χ4n) is 3.30. The minimum absolute atomic E-state index is 0.385. The van der Waals surface area contributed by atoms with Gasteiger partial charge in [0.25, 0.3) is 0 Å². The van der Waals surface area contributed by atoms with Gasteiger partial charge in [-0.2, -0.15) is 0 Å². The molecule has 0 heterocycles. The summed E-state index contributed by atoms with van der Waals surface area (Å²) in [5.74, 6) is 0.145. The lowest BCUT2D eigenvalue weighted by Gasteiger charge is -2.38. The van der Waals surface area contributed by atoms with Gasteiger partial charge in [0.05, 0.1) is 13.2 Å². The van der Waals surface area contributed by atoms with Crippen LogP contribution in [0.4, 0.5) is 0 Å². The normalized spacial score (nSPS) is 13.4. The van der Waals surface area contributed by atoms with Crippen molar-refractivity contribution in [2.75, 3.05) is 13.2 Å². The van der Waals surface area contributed by atoms with E-state index in [1.54, 1.807) is 0 Å². The van der Waals surface area contributed by atoms with Crippen molar-refractivity contribution >= 4 is 0 Å². The summed E-state index contributed by atoms with van der Waals surface area (Å²) in [6, 6.07) is 0. The molecule has 0 rings (SSSR count). The van der Waals surface area contributed by atoms with Crippen LogP contribution in [0, 0.1) is 5.92 Å². The average molecular weight is 343 g/mol. The Labute approximate surface area is 153 Å². The Hall–Kier alpha value is -0.0800. The fraction of sp³-hybridized carbons (Fsp3) is 1.00. The van der Waals surface area contributed by atoms with Crippen LogP contribution in [-0.2, 0) is 9.47 Å². The van der Waals surface area contributed by atoms with E-state index in [-0.39, 0.29) is 5.79 Å². The van der Waals surface area contributed by atoms with Gasteiger partial charge in [-0.15, -0.1) is 0 Å². The second kappa shape index (κ2) is 16.4. The molecule has 0 saturated heterocycles. The zero-order valence-corrected chi connectivity index (χ0v) is 17.5. The smallest absolute Gasteiger partial charge is 0.168 e. The Morgan fingerprint density at radius 3 is 1.58 bits per heavy atom. The van der Waals surface area contributed by atoms with Gasteiger partial charge in [0.2, 0.25) is 0 Å². The van der Waals surface area contributed by atoms with Crippen molar-refractivity contribution in [1.29, 1.82) is 0 Å². The molecule has 0 aliphatic carbocycles. The third kappa shape index (κ3) is 11.5. The van der Waals surface area contributed by atoms with Crippen molar-refractivity contribution in [2.24, 2.45) is 5.92 Å². The van der Waals surface area contributed by atoms with E-state index < -0.39 is 0 Å². The summed E-state index contributed by atoms with van der Waals surface area (Å²) in [4.78, 5) is 0. The summed E-state index contributed by atoms with van der Waals surface area (Å²) < 4.78 is 12.6. The van der Waals surface area contributed by atoms with Crippen LogP contribution in [0.2, 0.25) is 0 Å². The molecule has 2 nitrogen and oxygen atoms in total. The first-order chi connectivity index (χ1) is 11.6. The van der Waals surface area contributed by atoms with E-state index in [1.165, 1.54) is 70.6 Å². The quantitative estimate of drug-likeness (QED) is 0.189. The maximum absolute atomic E-state index is 6.30. The van der Waals surface area contributed by atoms with E-state index >= 15 is 0 Å². The van der Waals surface area contributed by atoms with Gasteiger partial charge < -0.3 is 9.47 Å². The molecule has 0 radical (unpaired) electrons. The highest BCUT2D eigenvalue weighted by Gasteiger charge is 2.35. The molecule has 0 aromatic rings. The van der Waals surface area contributed by atoms with Crippen molar-refractivity contribution in [2.45, 2.75) is 124 Å². The topological polar surface area (TPSA) is 18.5 Å². The summed E-state index contributed by atoms with van der Waals surface area (Å²) in [7, 11) is 0. The predicted molar refractivity (Wildman–Crippen MR) is 107 cm³/mol. The van der Waals surface area contributed by atoms with Crippen LogP contribution in [0.1, 0.15) is 118 Å². The maximum Gasteiger partial charge on any atom is 0.168 e. The number of unbranched alkanes of at least 4 members (excludes halogenated alkanes) is 7. The molecule has 146 valence electrons. The lowest BCUT2D eigenvalue weighted by molar-refractivity contribution is -0.259. The maximum atomic E-state index is 6.30. The molecule has 0 bridgehead atoms. The van der Waals surface area contributed by atoms with Gasteiger partial charge in [-0.1, -0.05) is 85.5 Å². The van der Waals surface area contributed by atoms with Gasteiger partial charge in [-0.05, 0) is 32.6 Å². The Morgan fingerprint density at radius 2 is 1.08 bits per heavy atom. The summed E-state index contributed by atoms with van der Waals surface area (Å²) in [5, 5.41) is 0. The number of rotatable bonds is 18. The number of hydrogen-bond donors (Lipinski definition) is 0. The van der Waals surface area contributed by atoms with Gasteiger partial charge in [0.15, 0.2) is 5.79 Å². The minimum Gasteiger partial charge on any atom is -0.350 e. The van der Waals surface area contributed by atoms with E-state index in [0.29, 0.717) is 5.92 Å². The van der Waals surface area contributed by atoms with Crippen LogP contribution in [0.15, 0.2) is 0 Å². The summed E-state index contributed by atoms with van der Waals surface area (Å²) in [6.45, 7) is 12.9. The summed E-state index contributed by atoms with van der Waals surface area (Å²) in [5.41, 5.74) is 0. The van der Waals surface area contributed by atoms with E-state index in [0.717, 1.165) is 26.1 Å². The largest absolute Gasteiger partial charge is 0.350 e. The van der Waals surface area contributed by atoms with Gasteiger partial charge in [-0.3, -0.25) is 0 Å². The summed E-state index contributed by atoms with van der Waals surface area (Å²) in [6.07, 6.45) is 16.5. The third-order valence-electron chi connectivity index (χ3n) is 5.06. The van der Waals surface area contributed by atoms with E-state index in [2.05, 4.69) is 34.6 Å². The Balaban J connectivity index is 4.51. The molecule has 0 aliphatic heterocycles. The highest BCUT2D eigenvalue weighted by molar-refractivity contribution is 4.76. The van der Waals surface area contributed by atoms with E-state index in [9.17, 15) is 0 Å². The second-order valence-electron chi connectivity index (χ2n) is 7.46. The van der Waals surface area contributed by atoms with Gasteiger partial charge >= 0.3 is 0 Å². The van der Waals surface area contributed by atoms with Gasteiger partial charge in [0, 0.05) is 5.92 Å². The van der Waals surface area contributed by atoms with E-state index in [4.69, 9.17) is 9.47 Å². The van der Waals surface area contributed by atoms with Crippen molar-refractivity contribution in [3.63, 3.8) is 0 Å². The molecule has 0 aliphatic rings. The van der Waals surface area contributed by atoms with Crippen molar-refractivity contribution in [3.8, 4) is 0 Å². The standard InChI is InChI=1S/C22H46O2/c1-6-10-13-14-15-16-18-21(17-9-4)22(5,23-19-11-7-2)24-20-12-8-3/h21H,6-20H2,1-5H3. The molecular formula is C22H46O2. The first-order valence-electron chi connectivity index (χ1n) is 10.9. The Morgan fingerprint density at radius 1 is 0.583 bits per heavy atom. The first kappa shape index (κ1) is 23.9. The molecule has 24 heavy (non-hydrogen) atoms. The number of ether oxygens (including phenoxy) is 2. The highest BCUT2D eigenvalue weighted by Crippen LogP contribution is 2.33. The number of hydrogen-bond acceptors (Lipinski definition) is 2. The van der Waals surface area contributed by atoms with Crippen molar-refractivity contribution < 1.29 is 9.47 Å². The third-order valence-corrected chi connectivity index (χ3v) is 5.06. The van der Waals surface area contributed by atoms with Crippen molar-refractivity contribution in [1.82, 2.24) is 0 Å². The fourth-order valence-corrected chi connectivity index (χ4v) is 3.30. The van der Waals surface area contributed by atoms with Gasteiger partial charge in [-0.25, -0.2) is 0 Å². The molecule has 0 aromatic carbocycles. The van der Waals surface area contributed by atoms with Crippen LogP contribution in [0.5, 0.6) is 0 Å². The molecule has 2 heteroatoms. The first-order valence-corrected chi connectivity index (χ1v) is 10.9. The van der Waals surface area contributed by atoms with Crippen LogP contribution in [0.3, 0.4) is 0 Å². The van der Waals surface area contributed by atoms with Crippen LogP contribution in [0.25, 0.3) is 0 Å². The Bertz CT molecular complexity index is 242. The highest BCUT2D eigenvalue weighted by atomic mass is 16.7. The molecular weight excluding hydrogens is 296 g/mol. The van der Waals surface area contributed by atoms with Crippen LogP contribution < -0.4 is 0 Å². The minimum atomic E-state index is -0.385.